The summed E-state index contributed by atoms with van der Waals surface area (Å²) in [5.41, 5.74) is 7.19. The van der Waals surface area contributed by atoms with E-state index < -0.39 is 0 Å². The van der Waals surface area contributed by atoms with E-state index >= 15 is 0 Å². The van der Waals surface area contributed by atoms with Gasteiger partial charge in [-0.05, 0) is 38.8 Å². The number of aryl methyl sites for hydroxylation is 4. The van der Waals surface area contributed by atoms with Crippen molar-refractivity contribution in [3.05, 3.63) is 46.3 Å². The van der Waals surface area contributed by atoms with E-state index in [-0.39, 0.29) is 0 Å². The summed E-state index contributed by atoms with van der Waals surface area (Å²) < 4.78 is 0. The van der Waals surface area contributed by atoms with Gasteiger partial charge in [-0.1, -0.05) is 23.8 Å². The zero-order valence-corrected chi connectivity index (χ0v) is 10.9. The Labute approximate surface area is 102 Å². The van der Waals surface area contributed by atoms with Gasteiger partial charge >= 0.3 is 0 Å². The SMILES string of the molecule is Cc1ccc(CNc2c(C)n[nH]c2C)c(C)c1. The van der Waals surface area contributed by atoms with Crippen LogP contribution in [0.2, 0.25) is 0 Å². The molecule has 2 rings (SSSR count). The first kappa shape index (κ1) is 11.7. The highest BCUT2D eigenvalue weighted by molar-refractivity contribution is 5.52. The molecule has 1 aromatic carbocycles. The Morgan fingerprint density at radius 2 is 1.94 bits per heavy atom. The van der Waals surface area contributed by atoms with Gasteiger partial charge in [0.15, 0.2) is 0 Å². The lowest BCUT2D eigenvalue weighted by atomic mass is 10.1. The maximum atomic E-state index is 4.18. The van der Waals surface area contributed by atoms with E-state index in [0.29, 0.717) is 0 Å². The molecule has 0 atom stereocenters. The molecule has 0 amide bonds. The fourth-order valence-electron chi connectivity index (χ4n) is 2.04. The number of aromatic amines is 1. The quantitative estimate of drug-likeness (QED) is 0.848. The first-order valence-corrected chi connectivity index (χ1v) is 5.89. The smallest absolute Gasteiger partial charge is 0.0825 e. The Hall–Kier alpha value is -1.77. The topological polar surface area (TPSA) is 40.7 Å². The lowest BCUT2D eigenvalue weighted by molar-refractivity contribution is 1.02. The molecule has 0 aliphatic carbocycles. The van der Waals surface area contributed by atoms with Crippen LogP contribution in [-0.2, 0) is 6.54 Å². The standard InChI is InChI=1S/C14H19N3/c1-9-5-6-13(10(2)7-9)8-15-14-11(3)16-17-12(14)4/h5-7,15H,8H2,1-4H3,(H,16,17). The van der Waals surface area contributed by atoms with Gasteiger partial charge in [-0.2, -0.15) is 5.10 Å². The average Bonchev–Trinajstić information content (AvgIpc) is 2.58. The van der Waals surface area contributed by atoms with Gasteiger partial charge in [-0.3, -0.25) is 5.10 Å². The molecular weight excluding hydrogens is 210 g/mol. The van der Waals surface area contributed by atoms with Crippen LogP contribution in [0.25, 0.3) is 0 Å². The van der Waals surface area contributed by atoms with Crippen molar-refractivity contribution < 1.29 is 0 Å². The van der Waals surface area contributed by atoms with Crippen molar-refractivity contribution in [2.75, 3.05) is 5.32 Å². The van der Waals surface area contributed by atoms with Crippen molar-refractivity contribution in [2.24, 2.45) is 0 Å². The van der Waals surface area contributed by atoms with Gasteiger partial charge < -0.3 is 5.32 Å². The third-order valence-corrected chi connectivity index (χ3v) is 3.08. The van der Waals surface area contributed by atoms with E-state index in [1.165, 1.54) is 16.7 Å². The second kappa shape index (κ2) is 4.62. The molecule has 2 N–H and O–H groups in total. The van der Waals surface area contributed by atoms with E-state index in [2.05, 4.69) is 47.6 Å². The first-order chi connectivity index (χ1) is 8.08. The molecule has 90 valence electrons. The predicted octanol–water partition coefficient (Wildman–Crippen LogP) is 3.26. The summed E-state index contributed by atoms with van der Waals surface area (Å²) in [5.74, 6) is 0. The van der Waals surface area contributed by atoms with Crippen LogP contribution in [0, 0.1) is 27.7 Å². The van der Waals surface area contributed by atoms with Crippen LogP contribution in [0.3, 0.4) is 0 Å². The summed E-state index contributed by atoms with van der Waals surface area (Å²) in [6, 6.07) is 6.55. The molecule has 3 nitrogen and oxygen atoms in total. The number of nitrogens with one attached hydrogen (secondary N) is 2. The van der Waals surface area contributed by atoms with Gasteiger partial charge in [-0.25, -0.2) is 0 Å². The maximum absolute atomic E-state index is 4.18. The summed E-state index contributed by atoms with van der Waals surface area (Å²) in [7, 11) is 0. The Morgan fingerprint density at radius 1 is 1.18 bits per heavy atom. The van der Waals surface area contributed by atoms with Gasteiger partial charge in [0.05, 0.1) is 17.1 Å². The number of H-pyrrole nitrogens is 1. The van der Waals surface area contributed by atoms with Gasteiger partial charge in [0.2, 0.25) is 0 Å². The Balaban J connectivity index is 2.13. The molecule has 0 saturated heterocycles. The summed E-state index contributed by atoms with van der Waals surface area (Å²) in [6.45, 7) is 9.15. The molecule has 0 radical (unpaired) electrons. The van der Waals surface area contributed by atoms with Crippen LogP contribution in [-0.4, -0.2) is 10.2 Å². The van der Waals surface area contributed by atoms with E-state index in [9.17, 15) is 0 Å². The zero-order valence-electron chi connectivity index (χ0n) is 10.9. The highest BCUT2D eigenvalue weighted by atomic mass is 15.1. The molecule has 1 aromatic heterocycles. The van der Waals surface area contributed by atoms with Crippen molar-refractivity contribution in [3.8, 4) is 0 Å². The lowest BCUT2D eigenvalue weighted by Gasteiger charge is -2.09. The average molecular weight is 229 g/mol. The molecule has 3 heteroatoms. The van der Waals surface area contributed by atoms with Crippen LogP contribution >= 0.6 is 0 Å². The van der Waals surface area contributed by atoms with Gasteiger partial charge in [0.25, 0.3) is 0 Å². The highest BCUT2D eigenvalue weighted by Gasteiger charge is 2.06. The number of anilines is 1. The number of hydrogen-bond donors (Lipinski definition) is 2. The van der Waals surface area contributed by atoms with E-state index in [1.54, 1.807) is 0 Å². The molecule has 0 bridgehead atoms. The second-order valence-electron chi connectivity index (χ2n) is 4.59. The molecule has 0 aliphatic heterocycles. The fraction of sp³-hybridized carbons (Fsp3) is 0.357. The van der Waals surface area contributed by atoms with Crippen molar-refractivity contribution in [1.82, 2.24) is 10.2 Å². The molecule has 0 fully saturated rings. The molecule has 0 aliphatic rings. The minimum absolute atomic E-state index is 0.841. The molecule has 17 heavy (non-hydrogen) atoms. The monoisotopic (exact) mass is 229 g/mol. The number of nitrogens with zero attached hydrogens (tertiary/aromatic N) is 1. The van der Waals surface area contributed by atoms with Crippen LogP contribution in [0.4, 0.5) is 5.69 Å². The zero-order chi connectivity index (χ0) is 12.4. The van der Waals surface area contributed by atoms with Crippen molar-refractivity contribution in [3.63, 3.8) is 0 Å². The largest absolute Gasteiger partial charge is 0.378 e. The number of hydrogen-bond acceptors (Lipinski definition) is 2. The summed E-state index contributed by atoms with van der Waals surface area (Å²) in [4.78, 5) is 0. The van der Waals surface area contributed by atoms with Crippen molar-refractivity contribution in [2.45, 2.75) is 34.2 Å². The van der Waals surface area contributed by atoms with Crippen LogP contribution in [0.15, 0.2) is 18.2 Å². The number of benzene rings is 1. The Morgan fingerprint density at radius 3 is 2.53 bits per heavy atom. The Kier molecular flexibility index (Phi) is 3.18. The van der Waals surface area contributed by atoms with Gasteiger partial charge in [0.1, 0.15) is 0 Å². The number of rotatable bonds is 3. The van der Waals surface area contributed by atoms with Crippen LogP contribution in [0.5, 0.6) is 0 Å². The molecular formula is C14H19N3. The van der Waals surface area contributed by atoms with Gasteiger partial charge in [0, 0.05) is 6.54 Å². The third-order valence-electron chi connectivity index (χ3n) is 3.08. The first-order valence-electron chi connectivity index (χ1n) is 5.89. The lowest BCUT2D eigenvalue weighted by Crippen LogP contribution is -2.03. The predicted molar refractivity (Wildman–Crippen MR) is 71.3 cm³/mol. The van der Waals surface area contributed by atoms with E-state index in [4.69, 9.17) is 0 Å². The maximum Gasteiger partial charge on any atom is 0.0825 e. The van der Waals surface area contributed by atoms with Crippen LogP contribution < -0.4 is 5.32 Å². The molecule has 0 unspecified atom stereocenters. The highest BCUT2D eigenvalue weighted by Crippen LogP contribution is 2.18. The van der Waals surface area contributed by atoms with E-state index in [1.807, 2.05) is 13.8 Å². The minimum atomic E-state index is 0.841. The van der Waals surface area contributed by atoms with Crippen molar-refractivity contribution >= 4 is 5.69 Å². The summed E-state index contributed by atoms with van der Waals surface area (Å²) in [6.07, 6.45) is 0. The minimum Gasteiger partial charge on any atom is -0.378 e. The molecule has 2 aromatic rings. The summed E-state index contributed by atoms with van der Waals surface area (Å²) in [5, 5.41) is 10.6. The van der Waals surface area contributed by atoms with Crippen molar-refractivity contribution in [1.29, 1.82) is 0 Å². The Bertz CT molecular complexity index is 507. The molecule has 0 saturated carbocycles. The van der Waals surface area contributed by atoms with Gasteiger partial charge in [-0.15, -0.1) is 0 Å². The third kappa shape index (κ3) is 2.49. The second-order valence-corrected chi connectivity index (χ2v) is 4.59. The molecule has 0 spiro atoms. The number of aromatic nitrogens is 2. The van der Waals surface area contributed by atoms with E-state index in [0.717, 1.165) is 23.6 Å². The fourth-order valence-corrected chi connectivity index (χ4v) is 2.04. The van der Waals surface area contributed by atoms with Crippen LogP contribution in [0.1, 0.15) is 28.1 Å². The normalized spacial score (nSPS) is 10.6. The summed E-state index contributed by atoms with van der Waals surface area (Å²) >= 11 is 0. The molecule has 1 heterocycles.